The Morgan fingerprint density at radius 1 is 1.42 bits per heavy atom. The summed E-state index contributed by atoms with van der Waals surface area (Å²) in [5.74, 6) is 0.370. The molecule has 2 saturated carbocycles. The van der Waals surface area contributed by atoms with Crippen LogP contribution in [-0.4, -0.2) is 31.7 Å². The summed E-state index contributed by atoms with van der Waals surface area (Å²) >= 11 is 0. The minimum absolute atomic E-state index is 0.152. The van der Waals surface area contributed by atoms with E-state index in [0.717, 1.165) is 45.4 Å². The van der Waals surface area contributed by atoms with E-state index in [0.29, 0.717) is 5.41 Å². The average molecular weight is 268 g/mol. The lowest BCUT2D eigenvalue weighted by Gasteiger charge is -2.42. The molecule has 0 aromatic heterocycles. The van der Waals surface area contributed by atoms with E-state index in [-0.39, 0.29) is 17.9 Å². The molecule has 0 saturated heterocycles. The normalized spacial score (nSPS) is 28.9. The van der Waals surface area contributed by atoms with Crippen molar-refractivity contribution in [1.29, 1.82) is 0 Å². The molecule has 0 spiro atoms. The molecule has 2 aliphatic carbocycles. The third-order valence-electron chi connectivity index (χ3n) is 4.88. The molecule has 3 N–H and O–H groups in total. The summed E-state index contributed by atoms with van der Waals surface area (Å²) in [6.07, 6.45) is 7.63. The van der Waals surface area contributed by atoms with Crippen molar-refractivity contribution >= 4 is 5.91 Å². The van der Waals surface area contributed by atoms with Crippen LogP contribution in [0, 0.1) is 11.3 Å². The van der Waals surface area contributed by atoms with Crippen LogP contribution in [0.1, 0.15) is 51.9 Å². The molecule has 2 rings (SSSR count). The van der Waals surface area contributed by atoms with Crippen LogP contribution in [-0.2, 0) is 9.53 Å². The summed E-state index contributed by atoms with van der Waals surface area (Å²) in [5, 5.41) is 3.16. The molecule has 0 heterocycles. The fourth-order valence-corrected chi connectivity index (χ4v) is 3.30. The molecule has 0 aromatic carbocycles. The molecule has 19 heavy (non-hydrogen) atoms. The minimum atomic E-state index is 0.152. The van der Waals surface area contributed by atoms with Crippen molar-refractivity contribution in [2.45, 2.75) is 57.9 Å². The molecule has 2 atom stereocenters. The highest BCUT2D eigenvalue weighted by atomic mass is 16.5. The quantitative estimate of drug-likeness (QED) is 0.692. The third-order valence-corrected chi connectivity index (χ3v) is 4.88. The molecule has 2 aliphatic rings. The van der Waals surface area contributed by atoms with Crippen LogP contribution in [0.15, 0.2) is 0 Å². The van der Waals surface area contributed by atoms with Crippen LogP contribution in [0.25, 0.3) is 0 Å². The first-order valence-corrected chi connectivity index (χ1v) is 7.76. The first-order valence-electron chi connectivity index (χ1n) is 7.76. The zero-order valence-corrected chi connectivity index (χ0v) is 12.1. The van der Waals surface area contributed by atoms with Gasteiger partial charge in [0.25, 0.3) is 0 Å². The van der Waals surface area contributed by atoms with Crippen molar-refractivity contribution in [3.8, 4) is 0 Å². The van der Waals surface area contributed by atoms with Crippen molar-refractivity contribution in [2.75, 3.05) is 19.8 Å². The number of nitrogens with one attached hydrogen (secondary N) is 1. The van der Waals surface area contributed by atoms with E-state index in [2.05, 4.69) is 5.32 Å². The van der Waals surface area contributed by atoms with Gasteiger partial charge in [-0.3, -0.25) is 4.79 Å². The maximum Gasteiger partial charge on any atom is 0.223 e. The molecular formula is C15H28N2O2. The Kier molecular flexibility index (Phi) is 5.22. The highest BCUT2D eigenvalue weighted by Crippen LogP contribution is 2.43. The molecule has 4 nitrogen and oxygen atoms in total. The zero-order valence-electron chi connectivity index (χ0n) is 12.1. The molecular weight excluding hydrogens is 240 g/mol. The van der Waals surface area contributed by atoms with Gasteiger partial charge in [0, 0.05) is 31.7 Å². The molecule has 0 bridgehead atoms. The van der Waals surface area contributed by atoms with E-state index in [1.807, 2.05) is 6.92 Å². The van der Waals surface area contributed by atoms with Crippen molar-refractivity contribution in [3.05, 3.63) is 0 Å². The molecule has 0 aliphatic heterocycles. The predicted molar refractivity (Wildman–Crippen MR) is 75.7 cm³/mol. The number of ether oxygens (including phenoxy) is 1. The van der Waals surface area contributed by atoms with Crippen LogP contribution >= 0.6 is 0 Å². The van der Waals surface area contributed by atoms with Crippen LogP contribution in [0.5, 0.6) is 0 Å². The van der Waals surface area contributed by atoms with Crippen LogP contribution in [0.2, 0.25) is 0 Å². The Labute approximate surface area is 116 Å². The number of hydrogen-bond acceptors (Lipinski definition) is 3. The molecule has 2 fully saturated rings. The lowest BCUT2D eigenvalue weighted by Crippen LogP contribution is -2.44. The van der Waals surface area contributed by atoms with Gasteiger partial charge in [-0.25, -0.2) is 0 Å². The smallest absolute Gasteiger partial charge is 0.223 e. The van der Waals surface area contributed by atoms with Crippen molar-refractivity contribution < 1.29 is 9.53 Å². The molecule has 0 aromatic rings. The second-order valence-electron chi connectivity index (χ2n) is 6.29. The van der Waals surface area contributed by atoms with E-state index < -0.39 is 0 Å². The Morgan fingerprint density at radius 2 is 2.21 bits per heavy atom. The van der Waals surface area contributed by atoms with Gasteiger partial charge in [-0.15, -0.1) is 0 Å². The summed E-state index contributed by atoms with van der Waals surface area (Å²) in [4.78, 5) is 12.1. The summed E-state index contributed by atoms with van der Waals surface area (Å²) in [6.45, 7) is 4.45. The number of nitrogens with two attached hydrogens (primary N) is 1. The second kappa shape index (κ2) is 6.71. The maximum absolute atomic E-state index is 12.1. The van der Waals surface area contributed by atoms with Gasteiger partial charge in [0.15, 0.2) is 0 Å². The second-order valence-corrected chi connectivity index (χ2v) is 6.29. The Morgan fingerprint density at radius 3 is 2.74 bits per heavy atom. The van der Waals surface area contributed by atoms with Gasteiger partial charge >= 0.3 is 0 Å². The summed E-state index contributed by atoms with van der Waals surface area (Å²) in [5.41, 5.74) is 6.18. The van der Waals surface area contributed by atoms with Gasteiger partial charge < -0.3 is 15.8 Å². The topological polar surface area (TPSA) is 64.3 Å². The monoisotopic (exact) mass is 268 g/mol. The van der Waals surface area contributed by atoms with Crippen LogP contribution in [0.3, 0.4) is 0 Å². The van der Waals surface area contributed by atoms with Gasteiger partial charge in [0.05, 0.1) is 0 Å². The van der Waals surface area contributed by atoms with E-state index in [4.69, 9.17) is 10.5 Å². The minimum Gasteiger partial charge on any atom is -0.382 e. The van der Waals surface area contributed by atoms with E-state index in [1.54, 1.807) is 0 Å². The van der Waals surface area contributed by atoms with E-state index >= 15 is 0 Å². The standard InChI is InChI=1S/C15H28N2O2/c1-2-19-9-8-15(6-3-7-15)11-17-14(18)12-4-5-13(16)10-12/h12-13H,2-11,16H2,1H3,(H,17,18). The van der Waals surface area contributed by atoms with Gasteiger partial charge in [-0.1, -0.05) is 6.42 Å². The number of rotatable bonds is 7. The van der Waals surface area contributed by atoms with Crippen LogP contribution in [0.4, 0.5) is 0 Å². The predicted octanol–water partition coefficient (Wildman–Crippen LogP) is 1.83. The first-order chi connectivity index (χ1) is 9.15. The number of hydrogen-bond donors (Lipinski definition) is 2. The molecule has 2 unspecified atom stereocenters. The molecule has 0 radical (unpaired) electrons. The fraction of sp³-hybridized carbons (Fsp3) is 0.933. The Bertz CT molecular complexity index is 303. The van der Waals surface area contributed by atoms with Gasteiger partial charge in [-0.05, 0) is 50.9 Å². The fourth-order valence-electron chi connectivity index (χ4n) is 3.30. The van der Waals surface area contributed by atoms with Gasteiger partial charge in [-0.2, -0.15) is 0 Å². The van der Waals surface area contributed by atoms with Crippen molar-refractivity contribution in [1.82, 2.24) is 5.32 Å². The zero-order chi connectivity index (χ0) is 13.7. The number of carbonyl (C=O) groups excluding carboxylic acids is 1. The van der Waals surface area contributed by atoms with Crippen molar-refractivity contribution in [2.24, 2.45) is 17.1 Å². The van der Waals surface area contributed by atoms with Gasteiger partial charge in [0.1, 0.15) is 0 Å². The van der Waals surface area contributed by atoms with E-state index in [1.165, 1.54) is 19.3 Å². The molecule has 4 heteroatoms. The first kappa shape index (κ1) is 14.8. The Hall–Kier alpha value is -0.610. The lowest BCUT2D eigenvalue weighted by molar-refractivity contribution is -0.125. The number of amides is 1. The Balaban J connectivity index is 1.72. The van der Waals surface area contributed by atoms with E-state index in [9.17, 15) is 4.79 Å². The largest absolute Gasteiger partial charge is 0.382 e. The summed E-state index contributed by atoms with van der Waals surface area (Å²) < 4.78 is 5.46. The van der Waals surface area contributed by atoms with Crippen molar-refractivity contribution in [3.63, 3.8) is 0 Å². The van der Waals surface area contributed by atoms with Gasteiger partial charge in [0.2, 0.25) is 5.91 Å². The average Bonchev–Trinajstić information content (AvgIpc) is 2.78. The summed E-state index contributed by atoms with van der Waals surface area (Å²) in [7, 11) is 0. The lowest BCUT2D eigenvalue weighted by atomic mass is 9.66. The number of carbonyl (C=O) groups is 1. The summed E-state index contributed by atoms with van der Waals surface area (Å²) in [6, 6.07) is 0.228. The highest BCUT2D eigenvalue weighted by Gasteiger charge is 2.37. The maximum atomic E-state index is 12.1. The molecule has 1 amide bonds. The molecule has 110 valence electrons. The third kappa shape index (κ3) is 3.93. The highest BCUT2D eigenvalue weighted by molar-refractivity contribution is 5.79. The van der Waals surface area contributed by atoms with Crippen LogP contribution < -0.4 is 11.1 Å². The SMILES string of the molecule is CCOCCC1(CNC(=O)C2CCC(N)C2)CCC1.